The first-order valence-corrected chi connectivity index (χ1v) is 9.46. The molecule has 3 heterocycles. The van der Waals surface area contributed by atoms with Crippen LogP contribution in [0.4, 0.5) is 11.5 Å². The van der Waals surface area contributed by atoms with Crippen LogP contribution >= 0.6 is 11.3 Å². The van der Waals surface area contributed by atoms with Crippen molar-refractivity contribution in [1.82, 2.24) is 19.7 Å². The minimum atomic E-state index is 0.477. The zero-order chi connectivity index (χ0) is 18.4. The highest BCUT2D eigenvalue weighted by Gasteiger charge is 2.42. The zero-order valence-electron chi connectivity index (χ0n) is 15.4. The van der Waals surface area contributed by atoms with Gasteiger partial charge in [0.15, 0.2) is 5.82 Å². The molecule has 26 heavy (non-hydrogen) atoms. The van der Waals surface area contributed by atoms with Gasteiger partial charge in [0, 0.05) is 37.0 Å². The van der Waals surface area contributed by atoms with Crippen LogP contribution in [0.2, 0.25) is 0 Å². The van der Waals surface area contributed by atoms with Crippen LogP contribution in [0, 0.1) is 13.8 Å². The number of anilines is 2. The molecule has 1 fully saturated rings. The Balaban J connectivity index is 1.65. The number of nitrogens with one attached hydrogen (secondary N) is 2. The number of hydrogen-bond donors (Lipinski definition) is 3. The number of nitrogens with two attached hydrogens (primary N) is 1. The first-order chi connectivity index (χ1) is 12.5. The Kier molecular flexibility index (Phi) is 4.16. The summed E-state index contributed by atoms with van der Waals surface area (Å²) in [6.45, 7) is 4.07. The van der Waals surface area contributed by atoms with Gasteiger partial charge in [-0.05, 0) is 38.0 Å². The molecular weight excluding hydrogens is 346 g/mol. The average molecular weight is 369 g/mol. The van der Waals surface area contributed by atoms with E-state index in [1.165, 1.54) is 4.88 Å². The van der Waals surface area contributed by atoms with Crippen molar-refractivity contribution in [2.45, 2.75) is 32.1 Å². The largest absolute Gasteiger partial charge is 0.371 e. The molecule has 0 amide bonds. The molecule has 0 spiro atoms. The first-order valence-electron chi connectivity index (χ1n) is 8.64. The third kappa shape index (κ3) is 2.85. The maximum absolute atomic E-state index is 5.62. The van der Waals surface area contributed by atoms with Crippen LogP contribution in [0.15, 0.2) is 18.3 Å². The lowest BCUT2D eigenvalue weighted by molar-refractivity contribution is 0.746. The lowest BCUT2D eigenvalue weighted by atomic mass is 10.1. The van der Waals surface area contributed by atoms with Gasteiger partial charge in [0.1, 0.15) is 0 Å². The van der Waals surface area contributed by atoms with Crippen LogP contribution in [0.3, 0.4) is 0 Å². The number of thiazole rings is 1. The van der Waals surface area contributed by atoms with Crippen molar-refractivity contribution in [3.05, 3.63) is 39.5 Å². The van der Waals surface area contributed by atoms with Gasteiger partial charge in [-0.2, -0.15) is 5.10 Å². The van der Waals surface area contributed by atoms with Crippen molar-refractivity contribution in [2.75, 3.05) is 17.8 Å². The van der Waals surface area contributed by atoms with E-state index in [1.54, 1.807) is 11.3 Å². The van der Waals surface area contributed by atoms with Gasteiger partial charge in [-0.1, -0.05) is 0 Å². The molecule has 3 aromatic rings. The smallest absolute Gasteiger partial charge is 0.151 e. The summed E-state index contributed by atoms with van der Waals surface area (Å²) in [5, 5.41) is 8.99. The molecule has 0 bridgehead atoms. The van der Waals surface area contributed by atoms with Crippen LogP contribution < -0.4 is 16.6 Å². The van der Waals surface area contributed by atoms with E-state index in [1.807, 2.05) is 38.0 Å². The van der Waals surface area contributed by atoms with E-state index in [9.17, 15) is 0 Å². The van der Waals surface area contributed by atoms with Gasteiger partial charge in [0.05, 0.1) is 27.8 Å². The first kappa shape index (κ1) is 17.0. The predicted molar refractivity (Wildman–Crippen MR) is 105 cm³/mol. The lowest BCUT2D eigenvalue weighted by Gasteiger charge is -2.13. The van der Waals surface area contributed by atoms with Crippen molar-refractivity contribution in [3.63, 3.8) is 0 Å². The Morgan fingerprint density at radius 1 is 1.27 bits per heavy atom. The van der Waals surface area contributed by atoms with E-state index in [2.05, 4.69) is 28.7 Å². The van der Waals surface area contributed by atoms with Crippen LogP contribution in [0.1, 0.15) is 39.4 Å². The van der Waals surface area contributed by atoms with Crippen LogP contribution in [-0.2, 0) is 7.05 Å². The van der Waals surface area contributed by atoms with Gasteiger partial charge >= 0.3 is 0 Å². The van der Waals surface area contributed by atoms with Gasteiger partial charge in [-0.3, -0.25) is 10.5 Å². The molecule has 0 radical (unpaired) electrons. The fourth-order valence-electron chi connectivity index (χ4n) is 3.46. The topological polar surface area (TPSA) is 93.7 Å². The van der Waals surface area contributed by atoms with Gasteiger partial charge in [0.2, 0.25) is 0 Å². The lowest BCUT2D eigenvalue weighted by Crippen LogP contribution is -2.12. The number of hydrogen-bond acceptors (Lipinski definition) is 7. The van der Waals surface area contributed by atoms with E-state index in [4.69, 9.17) is 15.9 Å². The molecule has 1 saturated carbocycles. The van der Waals surface area contributed by atoms with Crippen LogP contribution in [-0.4, -0.2) is 26.8 Å². The van der Waals surface area contributed by atoms with Gasteiger partial charge in [0.25, 0.3) is 0 Å². The number of hydrazine groups is 1. The molecular formula is C18H23N7S. The Hall–Kier alpha value is -2.45. The normalized spacial score (nSPS) is 18.8. The van der Waals surface area contributed by atoms with E-state index in [0.29, 0.717) is 11.8 Å². The summed E-state index contributed by atoms with van der Waals surface area (Å²) in [6.07, 6.45) is 3.15. The highest BCUT2D eigenvalue weighted by atomic mass is 32.1. The Morgan fingerprint density at radius 3 is 2.73 bits per heavy atom. The summed E-state index contributed by atoms with van der Waals surface area (Å²) in [5.41, 5.74) is 7.58. The summed E-state index contributed by atoms with van der Waals surface area (Å²) < 4.78 is 1.92. The summed E-state index contributed by atoms with van der Waals surface area (Å²) in [6, 6.07) is 4.20. The number of rotatable bonds is 5. The number of nitrogens with zero attached hydrogens (tertiary/aromatic N) is 4. The third-order valence-corrected chi connectivity index (χ3v) is 5.98. The van der Waals surface area contributed by atoms with Crippen LogP contribution in [0.25, 0.3) is 11.4 Å². The standard InChI is InChI=1S/C18H23N7S/c1-9-5-14(22-18(20-3)17(9)23-19)15-7-13(24-25(15)4)11-6-12(11)16-8-21-10(2)26-16/h5,7-8,11-12,23H,6,19H2,1-4H3,(H,20,22). The van der Waals surface area contributed by atoms with Crippen molar-refractivity contribution >= 4 is 22.8 Å². The quantitative estimate of drug-likeness (QED) is 0.472. The SMILES string of the molecule is CNc1nc(-c2cc(C3CC3c3cnc(C)s3)nn2C)cc(C)c1NN. The molecule has 4 rings (SSSR count). The Labute approximate surface area is 156 Å². The van der Waals surface area contributed by atoms with Gasteiger partial charge in [-0.25, -0.2) is 9.97 Å². The van der Waals surface area contributed by atoms with E-state index in [-0.39, 0.29) is 0 Å². The number of pyridine rings is 1. The highest BCUT2D eigenvalue weighted by Crippen LogP contribution is 2.55. The minimum absolute atomic E-state index is 0.477. The third-order valence-electron chi connectivity index (χ3n) is 4.93. The maximum atomic E-state index is 5.62. The Morgan fingerprint density at radius 2 is 2.08 bits per heavy atom. The highest BCUT2D eigenvalue weighted by molar-refractivity contribution is 7.11. The Bertz CT molecular complexity index is 959. The molecule has 7 nitrogen and oxygen atoms in total. The second-order valence-corrected chi connectivity index (χ2v) is 8.02. The summed E-state index contributed by atoms with van der Waals surface area (Å²) >= 11 is 1.79. The summed E-state index contributed by atoms with van der Waals surface area (Å²) in [4.78, 5) is 10.5. The molecule has 0 aromatic carbocycles. The van der Waals surface area contributed by atoms with Crippen molar-refractivity contribution in [3.8, 4) is 11.4 Å². The van der Waals surface area contributed by atoms with E-state index >= 15 is 0 Å². The maximum Gasteiger partial charge on any atom is 0.151 e. The minimum Gasteiger partial charge on any atom is -0.371 e. The van der Waals surface area contributed by atoms with Crippen molar-refractivity contribution in [2.24, 2.45) is 12.9 Å². The number of aromatic nitrogens is 4. The fraction of sp³-hybridized carbons (Fsp3) is 0.389. The van der Waals surface area contributed by atoms with Crippen LogP contribution in [0.5, 0.6) is 0 Å². The van der Waals surface area contributed by atoms with E-state index in [0.717, 1.165) is 45.6 Å². The fourth-order valence-corrected chi connectivity index (χ4v) is 4.43. The monoisotopic (exact) mass is 369 g/mol. The second-order valence-electron chi connectivity index (χ2n) is 6.75. The molecule has 0 saturated heterocycles. The molecule has 2 unspecified atom stereocenters. The average Bonchev–Trinajstić information content (AvgIpc) is 3.15. The molecule has 1 aliphatic carbocycles. The molecule has 8 heteroatoms. The molecule has 3 aromatic heterocycles. The van der Waals surface area contributed by atoms with Gasteiger partial charge < -0.3 is 10.7 Å². The molecule has 4 N–H and O–H groups in total. The number of aryl methyl sites for hydroxylation is 3. The van der Waals surface area contributed by atoms with Crippen molar-refractivity contribution < 1.29 is 0 Å². The second kappa shape index (κ2) is 6.37. The predicted octanol–water partition coefficient (Wildman–Crippen LogP) is 3.15. The zero-order valence-corrected chi connectivity index (χ0v) is 16.2. The molecule has 0 aliphatic heterocycles. The summed E-state index contributed by atoms with van der Waals surface area (Å²) in [5.74, 6) is 7.38. The van der Waals surface area contributed by atoms with Crippen molar-refractivity contribution in [1.29, 1.82) is 0 Å². The molecule has 136 valence electrons. The summed E-state index contributed by atoms with van der Waals surface area (Å²) in [7, 11) is 3.81. The van der Waals surface area contributed by atoms with Gasteiger partial charge in [-0.15, -0.1) is 11.3 Å². The molecule has 1 aliphatic rings. The number of nitrogen functional groups attached to an aromatic ring is 1. The molecule has 2 atom stereocenters. The van der Waals surface area contributed by atoms with E-state index < -0.39 is 0 Å².